The smallest absolute Gasteiger partial charge is 0.871 e. The summed E-state index contributed by atoms with van der Waals surface area (Å²) in [5.41, 5.74) is 0.317. The van der Waals surface area contributed by atoms with Crippen molar-refractivity contribution in [2.45, 2.75) is 0 Å². The van der Waals surface area contributed by atoms with Crippen molar-refractivity contribution >= 4 is 68.0 Å². The zero-order valence-electron chi connectivity index (χ0n) is 14.6. The molecule has 4 nitrogen and oxygen atoms in total. The third-order valence-corrected chi connectivity index (χ3v) is 3.75. The molecule has 0 N–H and O–H groups in total. The molecule has 0 aliphatic carbocycles. The van der Waals surface area contributed by atoms with Gasteiger partial charge in [-0.05, 0) is 29.8 Å². The van der Waals surface area contributed by atoms with Gasteiger partial charge < -0.3 is 15.0 Å². The number of carbonyl (C=O) groups is 1. The van der Waals surface area contributed by atoms with Crippen molar-refractivity contribution in [2.75, 3.05) is 6.54 Å². The summed E-state index contributed by atoms with van der Waals surface area (Å²) < 4.78 is 1.11. The predicted molar refractivity (Wildman–Crippen MR) is 115 cm³/mol. The predicted octanol–water partition coefficient (Wildman–Crippen LogP) is 3.05. The van der Waals surface area contributed by atoms with Gasteiger partial charge in [-0.15, -0.1) is 0 Å². The second-order valence-corrected chi connectivity index (χ2v) is 6.57. The molecule has 0 saturated carbocycles. The molecule has 140 valence electrons. The van der Waals surface area contributed by atoms with Crippen LogP contribution in [0.2, 0.25) is 0 Å². The van der Waals surface area contributed by atoms with E-state index in [9.17, 15) is 15.0 Å². The van der Waals surface area contributed by atoms with Crippen LogP contribution in [-0.4, -0.2) is 42.6 Å². The van der Waals surface area contributed by atoms with Crippen molar-refractivity contribution in [3.63, 3.8) is 0 Å². The first-order chi connectivity index (χ1) is 13.0. The summed E-state index contributed by atoms with van der Waals surface area (Å²) in [6.07, 6.45) is 1.22. The van der Waals surface area contributed by atoms with Crippen LogP contribution in [-0.2, 0) is 4.79 Å². The molecule has 0 fully saturated rings. The minimum Gasteiger partial charge on any atom is -0.871 e. The van der Waals surface area contributed by atoms with E-state index in [1.165, 1.54) is 6.21 Å². The van der Waals surface area contributed by atoms with E-state index in [4.69, 9.17) is 0 Å². The minimum atomic E-state index is -1.28. The van der Waals surface area contributed by atoms with E-state index in [1.54, 1.807) is 12.1 Å². The molecule has 7 heteroatoms. The molecule has 0 heterocycles. The van der Waals surface area contributed by atoms with E-state index in [1.807, 2.05) is 60.7 Å². The molecule has 0 bridgehead atoms. The van der Waals surface area contributed by atoms with Crippen LogP contribution in [0.4, 0.5) is 0 Å². The van der Waals surface area contributed by atoms with Crippen molar-refractivity contribution in [1.82, 2.24) is 0 Å². The van der Waals surface area contributed by atoms with Crippen molar-refractivity contribution in [1.29, 1.82) is 0 Å². The number of carboxylic acid groups (broad SMARTS) is 1. The van der Waals surface area contributed by atoms with E-state index in [-0.39, 0.29) is 29.7 Å². The van der Waals surface area contributed by atoms with Crippen LogP contribution in [0, 0.1) is 12.1 Å². The molecule has 0 aliphatic rings. The van der Waals surface area contributed by atoms with Crippen LogP contribution in [0.3, 0.4) is 0 Å². The summed E-state index contributed by atoms with van der Waals surface area (Å²) >= 11 is 6.29. The van der Waals surface area contributed by atoms with Gasteiger partial charge in [0.25, 0.3) is 0 Å². The summed E-state index contributed by atoms with van der Waals surface area (Å²) in [6.45, 7) is -0.455. The van der Waals surface area contributed by atoms with Gasteiger partial charge in [-0.2, -0.15) is 0 Å². The summed E-state index contributed by atoms with van der Waals surface area (Å²) in [6, 6.07) is 28.2. The third kappa shape index (κ3) is 12.7. The van der Waals surface area contributed by atoms with Gasteiger partial charge in [0.15, 0.2) is 0 Å². The maximum Gasteiger partial charge on any atom is 2.00 e. The van der Waals surface area contributed by atoms with Crippen LogP contribution in [0.25, 0.3) is 0 Å². The topological polar surface area (TPSA) is 75.5 Å². The average molecular weight is 608 g/mol. The Kier molecular flexibility index (Phi) is 15.4. The number of benzene rings is 3. The van der Waals surface area contributed by atoms with Gasteiger partial charge in [-0.1, -0.05) is 98.3 Å². The maximum absolute atomic E-state index is 11.5. The summed E-state index contributed by atoms with van der Waals surface area (Å²) in [5.74, 6) is -1.52. The normalized spacial score (nSPS) is 9.21. The van der Waals surface area contributed by atoms with Crippen molar-refractivity contribution in [3.05, 3.63) is 99.4 Å². The third-order valence-electron chi connectivity index (χ3n) is 2.70. The molecule has 0 aromatic heterocycles. The van der Waals surface area contributed by atoms with Crippen LogP contribution < -0.4 is 10.2 Å². The summed E-state index contributed by atoms with van der Waals surface area (Å²) in [4.78, 5) is 13.6. The van der Waals surface area contributed by atoms with E-state index in [0.29, 0.717) is 14.5 Å². The number of carbonyl (C=O) groups excluding carboxylic acids is 1. The van der Waals surface area contributed by atoms with Crippen LogP contribution >= 0.6 is 31.9 Å². The zero-order chi connectivity index (χ0) is 19.9. The molecular formula is C21H15Br2NO3Sn. The van der Waals surface area contributed by atoms with Gasteiger partial charge in [0, 0.05) is 15.2 Å². The SMILES string of the molecule is O=C([O-])CN=Cc1cc(Br)cc(Br)c1[O-].[Sn+2].[c]1ccccc1.[c]1ccccc1. The van der Waals surface area contributed by atoms with Crippen molar-refractivity contribution < 1.29 is 15.0 Å². The second-order valence-electron chi connectivity index (χ2n) is 4.80. The Hall–Kier alpha value is -1.64. The van der Waals surface area contributed by atoms with Crippen molar-refractivity contribution in [3.8, 4) is 5.75 Å². The number of aliphatic imine (C=N–C) groups is 1. The standard InChI is InChI=1S/C9H7Br2NO3.2C6H5.Sn/c10-6-1-5(3-12-4-8(13)14)9(15)7(11)2-6;2*1-2-4-6-5-3-1;/h1-3,15H,4H2,(H,13,14);2*1-5H;/q;;;+2/p-2. The molecule has 0 saturated heterocycles. The molecule has 3 aromatic carbocycles. The molecule has 0 unspecified atom stereocenters. The molecule has 3 aromatic rings. The quantitative estimate of drug-likeness (QED) is 0.340. The number of hydrogen-bond donors (Lipinski definition) is 0. The van der Waals surface area contributed by atoms with Gasteiger partial charge in [0.2, 0.25) is 0 Å². The van der Waals surface area contributed by atoms with E-state index in [2.05, 4.69) is 49.0 Å². The van der Waals surface area contributed by atoms with E-state index in [0.717, 1.165) is 0 Å². The monoisotopic (exact) mass is 607 g/mol. The molecule has 3 rings (SSSR count). The van der Waals surface area contributed by atoms with E-state index < -0.39 is 12.5 Å². The number of aliphatic carboxylic acids is 1. The molecule has 4 radical (unpaired) electrons. The fourth-order valence-electron chi connectivity index (χ4n) is 1.58. The van der Waals surface area contributed by atoms with Gasteiger partial charge in [0.1, 0.15) is 0 Å². The van der Waals surface area contributed by atoms with Gasteiger partial charge in [-0.3, -0.25) is 4.99 Å². The largest absolute Gasteiger partial charge is 2.00 e. The Morgan fingerprint density at radius 2 is 1.46 bits per heavy atom. The van der Waals surface area contributed by atoms with Gasteiger partial charge >= 0.3 is 23.9 Å². The molecule has 28 heavy (non-hydrogen) atoms. The Labute approximate surface area is 198 Å². The Morgan fingerprint density at radius 3 is 1.82 bits per heavy atom. The van der Waals surface area contributed by atoms with Crippen LogP contribution in [0.5, 0.6) is 5.75 Å². The fraction of sp³-hybridized carbons (Fsp3) is 0.0476. The molecule has 0 spiro atoms. The zero-order valence-corrected chi connectivity index (χ0v) is 20.7. The Balaban J connectivity index is 0.000000459. The first kappa shape index (κ1) is 26.4. The summed E-state index contributed by atoms with van der Waals surface area (Å²) in [7, 11) is 0. The molecular weight excluding hydrogens is 593 g/mol. The van der Waals surface area contributed by atoms with E-state index >= 15 is 0 Å². The minimum absolute atomic E-state index is 0. The number of nitrogens with zero attached hydrogens (tertiary/aromatic N) is 1. The number of halogens is 2. The summed E-state index contributed by atoms with van der Waals surface area (Å²) in [5, 5.41) is 21.6. The van der Waals surface area contributed by atoms with Gasteiger partial charge in [-0.25, -0.2) is 0 Å². The Morgan fingerprint density at radius 1 is 0.964 bits per heavy atom. The Bertz CT molecular complexity index is 747. The fourth-order valence-corrected chi connectivity index (χ4v) is 2.84. The van der Waals surface area contributed by atoms with Crippen molar-refractivity contribution in [2.24, 2.45) is 4.99 Å². The second kappa shape index (κ2) is 16.3. The average Bonchev–Trinajstić information content (AvgIpc) is 2.69. The van der Waals surface area contributed by atoms with Crippen LogP contribution in [0.15, 0.2) is 86.7 Å². The molecule has 0 atom stereocenters. The number of rotatable bonds is 3. The molecule has 0 aliphatic heterocycles. The molecule has 0 amide bonds. The number of carboxylic acids is 1. The number of hydrogen-bond acceptors (Lipinski definition) is 4. The first-order valence-electron chi connectivity index (χ1n) is 7.68. The van der Waals surface area contributed by atoms with Crippen LogP contribution in [0.1, 0.15) is 5.56 Å². The maximum atomic E-state index is 11.5. The van der Waals surface area contributed by atoms with Gasteiger partial charge in [0.05, 0.1) is 12.5 Å². The first-order valence-corrected chi connectivity index (χ1v) is 9.27.